The average molecular weight is 287 g/mol. The molecule has 1 aliphatic heterocycles. The molecule has 21 heavy (non-hydrogen) atoms. The van der Waals surface area contributed by atoms with Gasteiger partial charge in [-0.15, -0.1) is 0 Å². The molecule has 1 aromatic rings. The van der Waals surface area contributed by atoms with Crippen LogP contribution in [0, 0.1) is 0 Å². The molecule has 1 atom stereocenters. The molecule has 0 aromatic heterocycles. The number of rotatable bonds is 3. The van der Waals surface area contributed by atoms with E-state index in [1.165, 1.54) is 0 Å². The summed E-state index contributed by atoms with van der Waals surface area (Å²) in [5.41, 5.74) is 1.67. The number of carbonyl (C=O) groups excluding carboxylic acids is 1. The zero-order valence-electron chi connectivity index (χ0n) is 13.4. The highest BCUT2D eigenvalue weighted by Crippen LogP contribution is 2.25. The van der Waals surface area contributed by atoms with Gasteiger partial charge in [-0.2, -0.15) is 0 Å². The van der Waals surface area contributed by atoms with Crippen LogP contribution in [0.4, 0.5) is 0 Å². The molecule has 0 aliphatic carbocycles. The second-order valence-electron chi connectivity index (χ2n) is 6.28. The Hall–Kier alpha value is -1.61. The molecular weight excluding hydrogens is 262 g/mol. The Morgan fingerprint density at radius 2 is 2.05 bits per heavy atom. The van der Waals surface area contributed by atoms with E-state index in [1.54, 1.807) is 0 Å². The predicted octanol–water partition coefficient (Wildman–Crippen LogP) is 3.51. The zero-order valence-corrected chi connectivity index (χ0v) is 13.4. The minimum Gasteiger partial charge on any atom is -0.374 e. The number of benzene rings is 1. The standard InChI is InChI=1S/C18H25NO2/c1-5-16(11-15-9-7-6-8-10-15)17(20)19-12-14(2)21-13-18(19,3)4/h6-11,14H,5,12-13H2,1-4H3/b16-11+. The van der Waals surface area contributed by atoms with Crippen LogP contribution in [0.15, 0.2) is 35.9 Å². The van der Waals surface area contributed by atoms with Gasteiger partial charge in [0.15, 0.2) is 0 Å². The lowest BCUT2D eigenvalue weighted by Crippen LogP contribution is -2.58. The van der Waals surface area contributed by atoms with E-state index >= 15 is 0 Å². The molecule has 0 radical (unpaired) electrons. The smallest absolute Gasteiger partial charge is 0.250 e. The van der Waals surface area contributed by atoms with Gasteiger partial charge in [0.2, 0.25) is 5.91 Å². The zero-order chi connectivity index (χ0) is 15.5. The Morgan fingerprint density at radius 3 is 2.67 bits per heavy atom. The van der Waals surface area contributed by atoms with Gasteiger partial charge in [-0.3, -0.25) is 4.79 Å². The fourth-order valence-electron chi connectivity index (χ4n) is 2.58. The SMILES string of the molecule is CC/C(=C\c1ccccc1)C(=O)N1CC(C)OCC1(C)C. The first-order chi connectivity index (χ1) is 9.94. The van der Waals surface area contributed by atoms with Gasteiger partial charge in [0.1, 0.15) is 0 Å². The number of carbonyl (C=O) groups is 1. The quantitative estimate of drug-likeness (QED) is 0.796. The van der Waals surface area contributed by atoms with Gasteiger partial charge in [-0.05, 0) is 38.8 Å². The molecule has 2 rings (SSSR count). The van der Waals surface area contributed by atoms with Gasteiger partial charge in [0.25, 0.3) is 0 Å². The van der Waals surface area contributed by atoms with Crippen LogP contribution in [0.3, 0.4) is 0 Å². The Morgan fingerprint density at radius 1 is 1.38 bits per heavy atom. The number of morpholine rings is 1. The van der Waals surface area contributed by atoms with Crippen molar-refractivity contribution in [1.29, 1.82) is 0 Å². The summed E-state index contributed by atoms with van der Waals surface area (Å²) in [6.07, 6.45) is 2.82. The van der Waals surface area contributed by atoms with Gasteiger partial charge in [0, 0.05) is 12.1 Å². The molecule has 1 heterocycles. The van der Waals surface area contributed by atoms with Gasteiger partial charge in [-0.25, -0.2) is 0 Å². The molecule has 1 aliphatic rings. The van der Waals surface area contributed by atoms with E-state index in [9.17, 15) is 4.79 Å². The van der Waals surface area contributed by atoms with Crippen molar-refractivity contribution in [3.05, 3.63) is 41.5 Å². The van der Waals surface area contributed by atoms with E-state index in [4.69, 9.17) is 4.74 Å². The highest BCUT2D eigenvalue weighted by Gasteiger charge is 2.37. The average Bonchev–Trinajstić information content (AvgIpc) is 2.47. The predicted molar refractivity (Wildman–Crippen MR) is 85.9 cm³/mol. The van der Waals surface area contributed by atoms with E-state index in [0.29, 0.717) is 13.2 Å². The number of hydrogen-bond acceptors (Lipinski definition) is 2. The first kappa shape index (κ1) is 15.8. The van der Waals surface area contributed by atoms with E-state index in [0.717, 1.165) is 17.6 Å². The maximum absolute atomic E-state index is 12.9. The van der Waals surface area contributed by atoms with Crippen molar-refractivity contribution in [2.45, 2.75) is 45.8 Å². The topological polar surface area (TPSA) is 29.5 Å². The summed E-state index contributed by atoms with van der Waals surface area (Å²) in [4.78, 5) is 14.9. The molecule has 0 spiro atoms. The third-order valence-electron chi connectivity index (χ3n) is 3.93. The lowest BCUT2D eigenvalue weighted by atomic mass is 9.98. The summed E-state index contributed by atoms with van der Waals surface area (Å²) in [5.74, 6) is 0.126. The summed E-state index contributed by atoms with van der Waals surface area (Å²) in [6.45, 7) is 9.41. The summed E-state index contributed by atoms with van der Waals surface area (Å²) in [5, 5.41) is 0. The second kappa shape index (κ2) is 6.44. The van der Waals surface area contributed by atoms with Crippen LogP contribution in [0.5, 0.6) is 0 Å². The van der Waals surface area contributed by atoms with Crippen LogP contribution in [0.2, 0.25) is 0 Å². The minimum atomic E-state index is -0.255. The molecule has 3 heteroatoms. The normalized spacial score (nSPS) is 22.2. The Kier molecular flexibility index (Phi) is 4.84. The first-order valence-corrected chi connectivity index (χ1v) is 7.63. The van der Waals surface area contributed by atoms with Gasteiger partial charge >= 0.3 is 0 Å². The van der Waals surface area contributed by atoms with E-state index in [1.807, 2.05) is 55.2 Å². The molecule has 1 amide bonds. The molecule has 1 saturated heterocycles. The minimum absolute atomic E-state index is 0.0943. The van der Waals surface area contributed by atoms with Crippen LogP contribution in [-0.2, 0) is 9.53 Å². The largest absolute Gasteiger partial charge is 0.374 e. The molecule has 3 nitrogen and oxygen atoms in total. The number of hydrogen-bond donors (Lipinski definition) is 0. The van der Waals surface area contributed by atoms with Crippen LogP contribution in [0.25, 0.3) is 6.08 Å². The third-order valence-corrected chi connectivity index (χ3v) is 3.93. The van der Waals surface area contributed by atoms with Crippen molar-refractivity contribution in [3.8, 4) is 0 Å². The Bertz CT molecular complexity index is 519. The molecule has 0 bridgehead atoms. The van der Waals surface area contributed by atoms with Crippen molar-refractivity contribution >= 4 is 12.0 Å². The molecule has 1 fully saturated rings. The Balaban J connectivity index is 2.25. The molecule has 0 saturated carbocycles. The molecular formula is C18H25NO2. The second-order valence-corrected chi connectivity index (χ2v) is 6.28. The molecule has 1 aromatic carbocycles. The number of nitrogens with zero attached hydrogens (tertiary/aromatic N) is 1. The van der Waals surface area contributed by atoms with Crippen molar-refractivity contribution in [2.24, 2.45) is 0 Å². The molecule has 0 N–H and O–H groups in total. The van der Waals surface area contributed by atoms with Crippen molar-refractivity contribution < 1.29 is 9.53 Å². The van der Waals surface area contributed by atoms with Crippen LogP contribution >= 0.6 is 0 Å². The van der Waals surface area contributed by atoms with Crippen LogP contribution in [0.1, 0.15) is 39.7 Å². The van der Waals surface area contributed by atoms with Crippen LogP contribution < -0.4 is 0 Å². The number of ether oxygens (including phenoxy) is 1. The van der Waals surface area contributed by atoms with Gasteiger partial charge < -0.3 is 9.64 Å². The Labute approximate surface area is 127 Å². The highest BCUT2D eigenvalue weighted by atomic mass is 16.5. The maximum atomic E-state index is 12.9. The van der Waals surface area contributed by atoms with E-state index in [-0.39, 0.29) is 17.6 Å². The lowest BCUT2D eigenvalue weighted by molar-refractivity contribution is -0.148. The fraction of sp³-hybridized carbons (Fsp3) is 0.500. The monoisotopic (exact) mass is 287 g/mol. The van der Waals surface area contributed by atoms with Crippen molar-refractivity contribution in [2.75, 3.05) is 13.2 Å². The summed E-state index contributed by atoms with van der Waals surface area (Å²) < 4.78 is 5.69. The lowest BCUT2D eigenvalue weighted by Gasteiger charge is -2.45. The highest BCUT2D eigenvalue weighted by molar-refractivity contribution is 5.98. The van der Waals surface area contributed by atoms with Gasteiger partial charge in [0.05, 0.1) is 18.2 Å². The van der Waals surface area contributed by atoms with Crippen molar-refractivity contribution in [1.82, 2.24) is 4.90 Å². The fourth-order valence-corrected chi connectivity index (χ4v) is 2.58. The summed E-state index contributed by atoms with van der Waals surface area (Å²) in [6, 6.07) is 10.0. The van der Waals surface area contributed by atoms with Gasteiger partial charge in [-0.1, -0.05) is 37.3 Å². The molecule has 114 valence electrons. The van der Waals surface area contributed by atoms with E-state index in [2.05, 4.69) is 13.8 Å². The van der Waals surface area contributed by atoms with Crippen molar-refractivity contribution in [3.63, 3.8) is 0 Å². The third kappa shape index (κ3) is 3.73. The number of amides is 1. The first-order valence-electron chi connectivity index (χ1n) is 7.63. The molecule has 1 unspecified atom stereocenters. The van der Waals surface area contributed by atoms with E-state index < -0.39 is 0 Å². The summed E-state index contributed by atoms with van der Waals surface area (Å²) >= 11 is 0. The maximum Gasteiger partial charge on any atom is 0.250 e. The van der Waals surface area contributed by atoms with Crippen LogP contribution in [-0.4, -0.2) is 35.6 Å². The summed E-state index contributed by atoms with van der Waals surface area (Å²) in [7, 11) is 0.